The number of hydrogen-bond acceptors (Lipinski definition) is 3. The van der Waals surface area contributed by atoms with Gasteiger partial charge < -0.3 is 15.8 Å². The van der Waals surface area contributed by atoms with Crippen molar-refractivity contribution >= 4 is 11.6 Å². The molecule has 0 unspecified atom stereocenters. The first-order valence-corrected chi connectivity index (χ1v) is 6.27. The lowest BCUT2D eigenvalue weighted by molar-refractivity contribution is 0.0423. The first-order valence-electron chi connectivity index (χ1n) is 6.27. The molecule has 0 aliphatic carbocycles. The molecular weight excluding hydrogens is 228 g/mol. The Morgan fingerprint density at radius 2 is 2.06 bits per heavy atom. The predicted octanol–water partition coefficient (Wildman–Crippen LogP) is 1.88. The summed E-state index contributed by atoms with van der Waals surface area (Å²) in [6, 6.07) is 5.41. The standard InChI is InChI=1S/C14H20N2O2/c1-10-3-4-11(9-12(10)15)13(17)16-14(2)5-7-18-8-6-14/h3-4,9H,5-8,15H2,1-2H3,(H,16,17). The number of amides is 1. The van der Waals surface area contributed by atoms with Crippen LogP contribution in [0.25, 0.3) is 0 Å². The highest BCUT2D eigenvalue weighted by Gasteiger charge is 2.29. The zero-order valence-electron chi connectivity index (χ0n) is 11.0. The maximum Gasteiger partial charge on any atom is 0.251 e. The summed E-state index contributed by atoms with van der Waals surface area (Å²) in [7, 11) is 0. The highest BCUT2D eigenvalue weighted by atomic mass is 16.5. The normalized spacial score (nSPS) is 18.3. The summed E-state index contributed by atoms with van der Waals surface area (Å²) >= 11 is 0. The molecule has 1 amide bonds. The van der Waals surface area contributed by atoms with Crippen LogP contribution in [0.4, 0.5) is 5.69 Å². The third kappa shape index (κ3) is 2.82. The van der Waals surface area contributed by atoms with Gasteiger partial charge >= 0.3 is 0 Å². The molecule has 0 atom stereocenters. The average Bonchev–Trinajstić information content (AvgIpc) is 2.33. The van der Waals surface area contributed by atoms with Crippen LogP contribution >= 0.6 is 0 Å². The first-order chi connectivity index (χ1) is 8.50. The van der Waals surface area contributed by atoms with Crippen molar-refractivity contribution < 1.29 is 9.53 Å². The lowest BCUT2D eigenvalue weighted by Gasteiger charge is -2.34. The lowest BCUT2D eigenvalue weighted by Crippen LogP contribution is -2.49. The van der Waals surface area contributed by atoms with Crippen LogP contribution < -0.4 is 11.1 Å². The van der Waals surface area contributed by atoms with Gasteiger partial charge in [0.1, 0.15) is 0 Å². The monoisotopic (exact) mass is 248 g/mol. The predicted molar refractivity (Wildman–Crippen MR) is 71.5 cm³/mol. The Morgan fingerprint density at radius 1 is 1.39 bits per heavy atom. The molecule has 2 rings (SSSR count). The molecule has 0 saturated carbocycles. The third-order valence-corrected chi connectivity index (χ3v) is 3.55. The Hall–Kier alpha value is -1.55. The molecule has 18 heavy (non-hydrogen) atoms. The van der Waals surface area contributed by atoms with E-state index < -0.39 is 0 Å². The second-order valence-corrected chi connectivity index (χ2v) is 5.20. The molecule has 1 heterocycles. The number of rotatable bonds is 2. The van der Waals surface area contributed by atoms with Crippen LogP contribution in [0.3, 0.4) is 0 Å². The van der Waals surface area contributed by atoms with Crippen molar-refractivity contribution in [1.82, 2.24) is 5.32 Å². The molecule has 1 aliphatic heterocycles. The second kappa shape index (κ2) is 4.98. The van der Waals surface area contributed by atoms with Crippen LogP contribution in [0.1, 0.15) is 35.7 Å². The smallest absolute Gasteiger partial charge is 0.251 e. The summed E-state index contributed by atoms with van der Waals surface area (Å²) in [6.07, 6.45) is 1.69. The largest absolute Gasteiger partial charge is 0.398 e. The Morgan fingerprint density at radius 3 is 2.67 bits per heavy atom. The van der Waals surface area contributed by atoms with Gasteiger partial charge in [0.05, 0.1) is 0 Å². The number of anilines is 1. The zero-order chi connectivity index (χ0) is 13.2. The molecule has 1 saturated heterocycles. The summed E-state index contributed by atoms with van der Waals surface area (Å²) in [5.74, 6) is -0.0638. The molecule has 3 N–H and O–H groups in total. The molecule has 0 spiro atoms. The van der Waals surface area contributed by atoms with E-state index in [2.05, 4.69) is 12.2 Å². The van der Waals surface area contributed by atoms with E-state index in [1.807, 2.05) is 19.1 Å². The van der Waals surface area contributed by atoms with Gasteiger partial charge in [0, 0.05) is 30.0 Å². The molecule has 4 nitrogen and oxygen atoms in total. The van der Waals surface area contributed by atoms with Gasteiger partial charge in [-0.2, -0.15) is 0 Å². The first kappa shape index (κ1) is 12.9. The number of carbonyl (C=O) groups excluding carboxylic acids is 1. The number of hydrogen-bond donors (Lipinski definition) is 2. The van der Waals surface area contributed by atoms with Gasteiger partial charge in [-0.05, 0) is 44.4 Å². The van der Waals surface area contributed by atoms with Crippen molar-refractivity contribution in [2.45, 2.75) is 32.2 Å². The fourth-order valence-electron chi connectivity index (χ4n) is 2.07. The molecule has 0 radical (unpaired) electrons. The Bertz CT molecular complexity index is 451. The Kier molecular flexibility index (Phi) is 3.57. The number of nitrogen functional groups attached to an aromatic ring is 1. The summed E-state index contributed by atoms with van der Waals surface area (Å²) < 4.78 is 5.32. The maximum absolute atomic E-state index is 12.2. The highest BCUT2D eigenvalue weighted by Crippen LogP contribution is 2.21. The number of nitrogens with one attached hydrogen (secondary N) is 1. The van der Waals surface area contributed by atoms with Gasteiger partial charge in [-0.25, -0.2) is 0 Å². The van der Waals surface area contributed by atoms with E-state index in [1.54, 1.807) is 6.07 Å². The van der Waals surface area contributed by atoms with E-state index in [1.165, 1.54) is 0 Å². The molecule has 98 valence electrons. The van der Waals surface area contributed by atoms with E-state index in [0.29, 0.717) is 24.5 Å². The number of carbonyl (C=O) groups is 1. The van der Waals surface area contributed by atoms with Crippen LogP contribution in [0.15, 0.2) is 18.2 Å². The van der Waals surface area contributed by atoms with Gasteiger partial charge in [-0.3, -0.25) is 4.79 Å². The van der Waals surface area contributed by atoms with E-state index in [9.17, 15) is 4.79 Å². The lowest BCUT2D eigenvalue weighted by atomic mass is 9.92. The van der Waals surface area contributed by atoms with E-state index >= 15 is 0 Å². The number of aryl methyl sites for hydroxylation is 1. The molecule has 1 aliphatic rings. The maximum atomic E-state index is 12.2. The average molecular weight is 248 g/mol. The number of ether oxygens (including phenoxy) is 1. The van der Waals surface area contributed by atoms with Crippen molar-refractivity contribution in [2.75, 3.05) is 18.9 Å². The van der Waals surface area contributed by atoms with Gasteiger partial charge in [0.25, 0.3) is 5.91 Å². The Labute approximate surface area is 108 Å². The second-order valence-electron chi connectivity index (χ2n) is 5.20. The molecule has 1 aromatic rings. The summed E-state index contributed by atoms with van der Waals surface area (Å²) in [5, 5.41) is 3.08. The molecule has 1 aromatic carbocycles. The van der Waals surface area contributed by atoms with E-state index in [-0.39, 0.29) is 11.4 Å². The van der Waals surface area contributed by atoms with Crippen LogP contribution in [0.2, 0.25) is 0 Å². The van der Waals surface area contributed by atoms with Gasteiger partial charge in [0.15, 0.2) is 0 Å². The van der Waals surface area contributed by atoms with Crippen LogP contribution in [-0.2, 0) is 4.74 Å². The SMILES string of the molecule is Cc1ccc(C(=O)NC2(C)CCOCC2)cc1N. The molecule has 0 aromatic heterocycles. The fraction of sp³-hybridized carbons (Fsp3) is 0.500. The van der Waals surface area contributed by atoms with Gasteiger partial charge in [-0.1, -0.05) is 6.07 Å². The molecule has 0 bridgehead atoms. The van der Waals surface area contributed by atoms with Gasteiger partial charge in [-0.15, -0.1) is 0 Å². The van der Waals surface area contributed by atoms with Crippen molar-refractivity contribution in [2.24, 2.45) is 0 Å². The van der Waals surface area contributed by atoms with Crippen LogP contribution in [0, 0.1) is 6.92 Å². The quantitative estimate of drug-likeness (QED) is 0.785. The minimum atomic E-state index is -0.172. The van der Waals surface area contributed by atoms with Gasteiger partial charge in [0.2, 0.25) is 0 Å². The summed E-state index contributed by atoms with van der Waals surface area (Å²) in [6.45, 7) is 5.39. The van der Waals surface area contributed by atoms with Crippen molar-refractivity contribution in [3.05, 3.63) is 29.3 Å². The minimum Gasteiger partial charge on any atom is -0.398 e. The van der Waals surface area contributed by atoms with Crippen LogP contribution in [0.5, 0.6) is 0 Å². The summed E-state index contributed by atoms with van der Waals surface area (Å²) in [5.41, 5.74) is 7.91. The molecule has 1 fully saturated rings. The highest BCUT2D eigenvalue weighted by molar-refractivity contribution is 5.95. The van der Waals surface area contributed by atoms with Crippen molar-refractivity contribution in [1.29, 1.82) is 0 Å². The van der Waals surface area contributed by atoms with Crippen LogP contribution in [-0.4, -0.2) is 24.7 Å². The zero-order valence-corrected chi connectivity index (χ0v) is 11.0. The number of benzene rings is 1. The third-order valence-electron chi connectivity index (χ3n) is 3.55. The van der Waals surface area contributed by atoms with E-state index in [0.717, 1.165) is 18.4 Å². The minimum absolute atomic E-state index is 0.0638. The fourth-order valence-corrected chi connectivity index (χ4v) is 2.07. The number of nitrogens with two attached hydrogens (primary N) is 1. The van der Waals surface area contributed by atoms with E-state index in [4.69, 9.17) is 10.5 Å². The Balaban J connectivity index is 2.09. The van der Waals surface area contributed by atoms with Crippen molar-refractivity contribution in [3.63, 3.8) is 0 Å². The molecular formula is C14H20N2O2. The summed E-state index contributed by atoms with van der Waals surface area (Å²) in [4.78, 5) is 12.2. The topological polar surface area (TPSA) is 64.3 Å². The van der Waals surface area contributed by atoms with Crippen molar-refractivity contribution in [3.8, 4) is 0 Å². The molecule has 4 heteroatoms.